The molecule has 1 aromatic rings. The van der Waals surface area contributed by atoms with Crippen molar-refractivity contribution in [1.29, 1.82) is 0 Å². The normalized spacial score (nSPS) is 26.4. The van der Waals surface area contributed by atoms with Gasteiger partial charge in [0.25, 0.3) is 0 Å². The Hall–Kier alpha value is -1.51. The van der Waals surface area contributed by atoms with Crippen molar-refractivity contribution in [2.45, 2.75) is 31.4 Å². The van der Waals surface area contributed by atoms with E-state index in [0.29, 0.717) is 52.4 Å². The summed E-state index contributed by atoms with van der Waals surface area (Å²) in [4.78, 5) is 16.3. The summed E-state index contributed by atoms with van der Waals surface area (Å²) in [6.07, 6.45) is 5.56. The zero-order chi connectivity index (χ0) is 16.1. The molecule has 0 aromatic carbocycles. The maximum atomic E-state index is 12.2. The summed E-state index contributed by atoms with van der Waals surface area (Å²) >= 11 is 0. The van der Waals surface area contributed by atoms with Crippen LogP contribution in [0.2, 0.25) is 0 Å². The molecule has 1 N–H and O–H groups in total. The Morgan fingerprint density at radius 2 is 2.13 bits per heavy atom. The Morgan fingerprint density at radius 1 is 1.30 bits per heavy atom. The molecule has 2 fully saturated rings. The highest BCUT2D eigenvalue weighted by Crippen LogP contribution is 2.23. The fraction of sp³-hybridized carbons (Fsp3) is 0.800. The second-order valence-corrected chi connectivity index (χ2v) is 6.45. The zero-order valence-electron chi connectivity index (χ0n) is 13.4. The van der Waals surface area contributed by atoms with Crippen LogP contribution >= 0.6 is 0 Å². The smallest absolute Gasteiger partial charge is 0.224 e. The number of hydrogen-bond acceptors (Lipinski definition) is 6. The molecule has 2 saturated heterocycles. The molecular weight excluding hydrogens is 298 g/mol. The monoisotopic (exact) mass is 323 g/mol. The summed E-state index contributed by atoms with van der Waals surface area (Å²) in [5.41, 5.74) is -0.798. The molecular formula is C15H25N5O3. The average Bonchev–Trinajstić information content (AvgIpc) is 3.06. The van der Waals surface area contributed by atoms with Gasteiger partial charge in [0.1, 0.15) is 0 Å². The number of carbonyl (C=O) groups is 1. The van der Waals surface area contributed by atoms with Crippen LogP contribution in [0, 0.1) is 0 Å². The second-order valence-electron chi connectivity index (χ2n) is 6.45. The first-order chi connectivity index (χ1) is 11.1. The van der Waals surface area contributed by atoms with E-state index in [4.69, 9.17) is 4.74 Å². The molecule has 3 heterocycles. The molecule has 0 bridgehead atoms. The van der Waals surface area contributed by atoms with E-state index in [-0.39, 0.29) is 5.91 Å². The van der Waals surface area contributed by atoms with Gasteiger partial charge in [0.05, 0.1) is 31.6 Å². The molecule has 23 heavy (non-hydrogen) atoms. The van der Waals surface area contributed by atoms with Crippen molar-refractivity contribution < 1.29 is 14.6 Å². The molecule has 1 amide bonds. The molecule has 2 aliphatic heterocycles. The van der Waals surface area contributed by atoms with E-state index in [1.54, 1.807) is 17.1 Å². The van der Waals surface area contributed by atoms with Gasteiger partial charge in [-0.2, -0.15) is 0 Å². The average molecular weight is 323 g/mol. The van der Waals surface area contributed by atoms with Gasteiger partial charge >= 0.3 is 0 Å². The van der Waals surface area contributed by atoms with Gasteiger partial charge in [-0.3, -0.25) is 9.69 Å². The third-order valence-electron chi connectivity index (χ3n) is 4.57. The van der Waals surface area contributed by atoms with Gasteiger partial charge in [0, 0.05) is 38.8 Å². The molecule has 1 atom stereocenters. The molecule has 8 nitrogen and oxygen atoms in total. The number of morpholine rings is 1. The number of carbonyl (C=O) groups excluding carboxylic acids is 1. The Labute approximate surface area is 136 Å². The van der Waals surface area contributed by atoms with Crippen molar-refractivity contribution in [3.8, 4) is 0 Å². The number of piperidine rings is 1. The van der Waals surface area contributed by atoms with E-state index in [2.05, 4.69) is 15.2 Å². The number of β-amino-alcohol motifs (C(OH)–C–C–N with tert-alkyl or cyclic N) is 1. The molecule has 0 spiro atoms. The molecule has 0 radical (unpaired) electrons. The topological polar surface area (TPSA) is 83.7 Å². The van der Waals surface area contributed by atoms with Crippen LogP contribution in [-0.2, 0) is 16.1 Å². The van der Waals surface area contributed by atoms with Crippen LogP contribution in [-0.4, -0.2) is 87.3 Å². The summed E-state index contributed by atoms with van der Waals surface area (Å²) in [6.45, 7) is 5.28. The number of ether oxygens (including phenoxy) is 1. The summed E-state index contributed by atoms with van der Waals surface area (Å²) < 4.78 is 6.94. The van der Waals surface area contributed by atoms with Crippen LogP contribution in [0.3, 0.4) is 0 Å². The Morgan fingerprint density at radius 3 is 2.87 bits per heavy atom. The number of rotatable bonds is 5. The fourth-order valence-electron chi connectivity index (χ4n) is 3.37. The van der Waals surface area contributed by atoms with Crippen LogP contribution in [0.25, 0.3) is 0 Å². The molecule has 3 rings (SSSR count). The van der Waals surface area contributed by atoms with Crippen molar-refractivity contribution >= 4 is 5.91 Å². The SMILES string of the molecule is O=C(CCN1CCC[C@](O)(Cn2ccnn2)C1)N1CCOCC1. The first-order valence-electron chi connectivity index (χ1n) is 8.29. The van der Waals surface area contributed by atoms with Gasteiger partial charge in [-0.1, -0.05) is 5.21 Å². The van der Waals surface area contributed by atoms with Gasteiger partial charge in [-0.05, 0) is 19.4 Å². The van der Waals surface area contributed by atoms with E-state index >= 15 is 0 Å². The lowest BCUT2D eigenvalue weighted by Gasteiger charge is -2.39. The predicted molar refractivity (Wildman–Crippen MR) is 82.7 cm³/mol. The van der Waals surface area contributed by atoms with Crippen molar-refractivity contribution in [1.82, 2.24) is 24.8 Å². The molecule has 0 unspecified atom stereocenters. The highest BCUT2D eigenvalue weighted by atomic mass is 16.5. The summed E-state index contributed by atoms with van der Waals surface area (Å²) in [5, 5.41) is 18.5. The van der Waals surface area contributed by atoms with E-state index in [0.717, 1.165) is 19.4 Å². The van der Waals surface area contributed by atoms with Crippen molar-refractivity contribution in [3.63, 3.8) is 0 Å². The third-order valence-corrected chi connectivity index (χ3v) is 4.57. The van der Waals surface area contributed by atoms with E-state index in [1.165, 1.54) is 0 Å². The van der Waals surface area contributed by atoms with Crippen LogP contribution < -0.4 is 0 Å². The number of aromatic nitrogens is 3. The van der Waals surface area contributed by atoms with Gasteiger partial charge in [-0.25, -0.2) is 4.68 Å². The Balaban J connectivity index is 1.47. The Kier molecular flexibility index (Phi) is 5.24. The molecule has 0 aliphatic carbocycles. The molecule has 2 aliphatic rings. The minimum absolute atomic E-state index is 0.179. The quantitative estimate of drug-likeness (QED) is 0.775. The van der Waals surface area contributed by atoms with Crippen LogP contribution in [0.4, 0.5) is 0 Å². The zero-order valence-corrected chi connectivity index (χ0v) is 13.4. The van der Waals surface area contributed by atoms with Crippen LogP contribution in [0.5, 0.6) is 0 Å². The maximum absolute atomic E-state index is 12.2. The van der Waals surface area contributed by atoms with Gasteiger partial charge in [-0.15, -0.1) is 5.10 Å². The first-order valence-corrected chi connectivity index (χ1v) is 8.29. The lowest BCUT2D eigenvalue weighted by molar-refractivity contribution is -0.136. The summed E-state index contributed by atoms with van der Waals surface area (Å²) in [5.74, 6) is 0.179. The minimum atomic E-state index is -0.798. The van der Waals surface area contributed by atoms with E-state index in [1.807, 2.05) is 4.90 Å². The highest BCUT2D eigenvalue weighted by Gasteiger charge is 2.34. The highest BCUT2D eigenvalue weighted by molar-refractivity contribution is 5.76. The second kappa shape index (κ2) is 7.37. The van der Waals surface area contributed by atoms with Gasteiger partial charge in [0.2, 0.25) is 5.91 Å². The van der Waals surface area contributed by atoms with Crippen LogP contribution in [0.1, 0.15) is 19.3 Å². The van der Waals surface area contributed by atoms with Crippen LogP contribution in [0.15, 0.2) is 12.4 Å². The molecule has 8 heteroatoms. The van der Waals surface area contributed by atoms with Crippen molar-refractivity contribution in [2.75, 3.05) is 45.9 Å². The maximum Gasteiger partial charge on any atom is 0.224 e. The minimum Gasteiger partial charge on any atom is -0.387 e. The van der Waals surface area contributed by atoms with E-state index < -0.39 is 5.60 Å². The summed E-state index contributed by atoms with van der Waals surface area (Å²) in [7, 11) is 0. The number of likely N-dealkylation sites (tertiary alicyclic amines) is 1. The number of aliphatic hydroxyl groups is 1. The number of nitrogens with zero attached hydrogens (tertiary/aromatic N) is 5. The van der Waals surface area contributed by atoms with Gasteiger partial charge in [0.15, 0.2) is 0 Å². The molecule has 128 valence electrons. The first kappa shape index (κ1) is 16.4. The Bertz CT molecular complexity index is 503. The lowest BCUT2D eigenvalue weighted by Crippen LogP contribution is -2.51. The third kappa shape index (κ3) is 4.49. The number of hydrogen-bond donors (Lipinski definition) is 1. The fourth-order valence-corrected chi connectivity index (χ4v) is 3.37. The standard InChI is InChI=1S/C15H25N5O3/c21-14(19-8-10-23-11-9-19)2-6-18-5-1-3-15(22,12-18)13-20-7-4-16-17-20/h4,7,22H,1-3,5-6,8-13H2/t15-/m1/s1. The predicted octanol–water partition coefficient (Wildman–Crippen LogP) is -0.646. The lowest BCUT2D eigenvalue weighted by atomic mass is 9.92. The van der Waals surface area contributed by atoms with Crippen molar-refractivity contribution in [3.05, 3.63) is 12.4 Å². The largest absolute Gasteiger partial charge is 0.387 e. The van der Waals surface area contributed by atoms with Crippen molar-refractivity contribution in [2.24, 2.45) is 0 Å². The molecule has 1 aromatic heterocycles. The van der Waals surface area contributed by atoms with Gasteiger partial charge < -0.3 is 14.7 Å². The summed E-state index contributed by atoms with van der Waals surface area (Å²) in [6, 6.07) is 0. The van der Waals surface area contributed by atoms with E-state index in [9.17, 15) is 9.90 Å². The number of amides is 1. The molecule has 0 saturated carbocycles.